The fourth-order valence-corrected chi connectivity index (χ4v) is 4.69. The molecular weight excluding hydrogens is 626 g/mol. The summed E-state index contributed by atoms with van der Waals surface area (Å²) in [7, 11) is 0. The van der Waals surface area contributed by atoms with Crippen LogP contribution in [0.1, 0.15) is 40.1 Å². The first-order chi connectivity index (χ1) is 19.1. The van der Waals surface area contributed by atoms with Crippen LogP contribution in [0.5, 0.6) is 0 Å². The van der Waals surface area contributed by atoms with Crippen LogP contribution in [0.25, 0.3) is 0 Å². The van der Waals surface area contributed by atoms with Gasteiger partial charge in [0.15, 0.2) is 0 Å². The van der Waals surface area contributed by atoms with E-state index in [4.69, 9.17) is 9.47 Å². The molecule has 0 aliphatic carbocycles. The van der Waals surface area contributed by atoms with Crippen molar-refractivity contribution >= 4 is 49.4 Å². The molecular formula is C30H29Br2N3O4. The van der Waals surface area contributed by atoms with Crippen LogP contribution in [0.4, 0.5) is 5.69 Å². The maximum absolute atomic E-state index is 13.2. The first-order valence-corrected chi connectivity index (χ1v) is 14.8. The number of anilines is 1. The molecule has 0 bridgehead atoms. The van der Waals surface area contributed by atoms with Crippen molar-refractivity contribution in [3.8, 4) is 11.8 Å². The second-order valence-electron chi connectivity index (χ2n) is 8.83. The molecule has 2 aromatic carbocycles. The molecule has 0 spiro atoms. The number of halogens is 2. The fraction of sp³-hybridized carbons (Fsp3) is 0.300. The molecule has 4 rings (SSSR count). The Bertz CT molecular complexity index is 1350. The summed E-state index contributed by atoms with van der Waals surface area (Å²) < 4.78 is 11.1. The molecule has 0 radical (unpaired) electrons. The van der Waals surface area contributed by atoms with Crippen LogP contribution in [0.15, 0.2) is 60.7 Å². The molecule has 1 aromatic heterocycles. The minimum atomic E-state index is -0.273. The van der Waals surface area contributed by atoms with E-state index in [-0.39, 0.29) is 31.4 Å². The number of carbonyl (C=O) groups excluding carboxylic acids is 2. The van der Waals surface area contributed by atoms with E-state index < -0.39 is 0 Å². The lowest BCUT2D eigenvalue weighted by molar-refractivity contribution is -0.126. The molecule has 7 nitrogen and oxygen atoms in total. The topological polar surface area (TPSA) is 80.8 Å². The molecule has 1 N–H and O–H groups in total. The van der Waals surface area contributed by atoms with Crippen molar-refractivity contribution in [1.82, 2.24) is 10.3 Å². The summed E-state index contributed by atoms with van der Waals surface area (Å²) in [5.41, 5.74) is 6.41. The van der Waals surface area contributed by atoms with E-state index in [1.54, 1.807) is 4.90 Å². The summed E-state index contributed by atoms with van der Waals surface area (Å²) >= 11 is 6.87. The van der Waals surface area contributed by atoms with Gasteiger partial charge in [0.25, 0.3) is 0 Å². The standard InChI is InChI=1S/C30H29Br2N3O4/c31-17-26-15-22(16-27(18-32)34-26)20-38-13-14-39-21-29(36)33-12-11-30(37)35-19-25-7-2-1-5-23(25)9-10-24-6-3-4-8-28(24)35/h1-8,15-16H,11-14,17-21H2,(H,33,36). The largest absolute Gasteiger partial charge is 0.374 e. The van der Waals surface area contributed by atoms with Crippen molar-refractivity contribution in [1.29, 1.82) is 0 Å². The Balaban J connectivity index is 1.19. The maximum atomic E-state index is 13.2. The molecule has 1 aliphatic rings. The van der Waals surface area contributed by atoms with Crippen LogP contribution < -0.4 is 10.2 Å². The Morgan fingerprint density at radius 1 is 0.923 bits per heavy atom. The first-order valence-electron chi connectivity index (χ1n) is 12.6. The smallest absolute Gasteiger partial charge is 0.246 e. The Hall–Kier alpha value is -3.03. The van der Waals surface area contributed by atoms with Crippen LogP contribution in [-0.4, -0.2) is 43.2 Å². The maximum Gasteiger partial charge on any atom is 0.246 e. The van der Waals surface area contributed by atoms with Gasteiger partial charge in [-0.3, -0.25) is 14.6 Å². The van der Waals surface area contributed by atoms with Gasteiger partial charge in [-0.15, -0.1) is 0 Å². The fourth-order valence-electron chi connectivity index (χ4n) is 4.11. The number of nitrogens with one attached hydrogen (secondary N) is 1. The van der Waals surface area contributed by atoms with Crippen molar-refractivity contribution < 1.29 is 19.1 Å². The number of hydrogen-bond donors (Lipinski definition) is 1. The number of para-hydroxylation sites is 1. The van der Waals surface area contributed by atoms with E-state index in [2.05, 4.69) is 54.0 Å². The molecule has 0 saturated heterocycles. The average Bonchev–Trinajstić information content (AvgIpc) is 2.95. The summed E-state index contributed by atoms with van der Waals surface area (Å²) in [4.78, 5) is 31.7. The molecule has 0 saturated carbocycles. The summed E-state index contributed by atoms with van der Waals surface area (Å²) in [6.07, 6.45) is 0.164. The minimum absolute atomic E-state index is 0.0854. The van der Waals surface area contributed by atoms with E-state index in [1.807, 2.05) is 60.7 Å². The molecule has 2 heterocycles. The second kappa shape index (κ2) is 14.9. The number of aromatic nitrogens is 1. The van der Waals surface area contributed by atoms with Crippen molar-refractivity contribution in [2.45, 2.75) is 30.2 Å². The molecule has 0 fully saturated rings. The zero-order valence-electron chi connectivity index (χ0n) is 21.4. The molecule has 2 amide bonds. The second-order valence-corrected chi connectivity index (χ2v) is 9.96. The highest BCUT2D eigenvalue weighted by atomic mass is 79.9. The predicted octanol–water partition coefficient (Wildman–Crippen LogP) is 4.86. The molecule has 1 aliphatic heterocycles. The average molecular weight is 655 g/mol. The van der Waals surface area contributed by atoms with Crippen LogP contribution >= 0.6 is 31.9 Å². The van der Waals surface area contributed by atoms with Crippen LogP contribution in [0.2, 0.25) is 0 Å². The number of rotatable bonds is 12. The molecule has 202 valence electrons. The third-order valence-corrected chi connectivity index (χ3v) is 7.12. The van der Waals surface area contributed by atoms with Crippen molar-refractivity contribution in [2.24, 2.45) is 0 Å². The number of amides is 2. The van der Waals surface area contributed by atoms with E-state index >= 15 is 0 Å². The molecule has 39 heavy (non-hydrogen) atoms. The van der Waals surface area contributed by atoms with E-state index in [9.17, 15) is 9.59 Å². The zero-order valence-corrected chi connectivity index (χ0v) is 24.6. The summed E-state index contributed by atoms with van der Waals surface area (Å²) in [6.45, 7) is 1.64. The van der Waals surface area contributed by atoms with Crippen LogP contribution in [0, 0.1) is 11.8 Å². The normalized spacial score (nSPS) is 11.9. The molecule has 0 atom stereocenters. The summed E-state index contributed by atoms with van der Waals surface area (Å²) in [5, 5.41) is 4.13. The Labute approximate surface area is 245 Å². The van der Waals surface area contributed by atoms with Gasteiger partial charge < -0.3 is 19.7 Å². The number of hydrogen-bond acceptors (Lipinski definition) is 5. The van der Waals surface area contributed by atoms with Crippen molar-refractivity contribution in [3.63, 3.8) is 0 Å². The number of ether oxygens (including phenoxy) is 2. The van der Waals surface area contributed by atoms with Gasteiger partial charge in [-0.25, -0.2) is 0 Å². The van der Waals surface area contributed by atoms with E-state index in [0.717, 1.165) is 39.3 Å². The monoisotopic (exact) mass is 653 g/mol. The van der Waals surface area contributed by atoms with Gasteiger partial charge in [0.05, 0.1) is 43.4 Å². The highest BCUT2D eigenvalue weighted by molar-refractivity contribution is 9.08. The highest BCUT2D eigenvalue weighted by Gasteiger charge is 2.21. The quantitative estimate of drug-likeness (QED) is 0.172. The lowest BCUT2D eigenvalue weighted by atomic mass is 10.0. The SMILES string of the molecule is O=C(COCCOCc1cc(CBr)nc(CBr)c1)NCCC(=O)N1Cc2ccccc2C#Cc2ccccc21. The van der Waals surface area contributed by atoms with Crippen LogP contribution in [-0.2, 0) is 42.9 Å². The van der Waals surface area contributed by atoms with Crippen LogP contribution in [0.3, 0.4) is 0 Å². The summed E-state index contributed by atoms with van der Waals surface area (Å²) in [5.74, 6) is 6.05. The lowest BCUT2D eigenvalue weighted by Gasteiger charge is -2.26. The number of benzene rings is 2. The molecule has 0 unspecified atom stereocenters. The van der Waals surface area contributed by atoms with Gasteiger partial charge in [0, 0.05) is 34.8 Å². The zero-order chi connectivity index (χ0) is 27.5. The van der Waals surface area contributed by atoms with Crippen molar-refractivity contribution in [2.75, 3.05) is 31.3 Å². The van der Waals surface area contributed by atoms with Gasteiger partial charge in [-0.05, 0) is 41.5 Å². The number of fused-ring (bicyclic) bond motifs is 2. The predicted molar refractivity (Wildman–Crippen MR) is 158 cm³/mol. The highest BCUT2D eigenvalue weighted by Crippen LogP contribution is 2.25. The van der Waals surface area contributed by atoms with Gasteiger partial charge in [0.1, 0.15) is 6.61 Å². The van der Waals surface area contributed by atoms with Gasteiger partial charge in [0.2, 0.25) is 11.8 Å². The number of alkyl halides is 2. The van der Waals surface area contributed by atoms with Gasteiger partial charge in [-0.1, -0.05) is 74.0 Å². The van der Waals surface area contributed by atoms with E-state index in [1.165, 1.54) is 0 Å². The molecule has 9 heteroatoms. The minimum Gasteiger partial charge on any atom is -0.374 e. The third kappa shape index (κ3) is 8.48. The Kier molecular flexibility index (Phi) is 11.1. The van der Waals surface area contributed by atoms with Gasteiger partial charge in [-0.2, -0.15) is 0 Å². The Morgan fingerprint density at radius 2 is 1.59 bits per heavy atom. The van der Waals surface area contributed by atoms with Gasteiger partial charge >= 0.3 is 0 Å². The lowest BCUT2D eigenvalue weighted by Crippen LogP contribution is -2.36. The first kappa shape index (κ1) is 29.0. The van der Waals surface area contributed by atoms with E-state index in [0.29, 0.717) is 37.0 Å². The third-order valence-electron chi connectivity index (χ3n) is 5.97. The molecule has 3 aromatic rings. The number of nitrogens with zero attached hydrogens (tertiary/aromatic N) is 2. The number of pyridine rings is 1. The Morgan fingerprint density at radius 3 is 2.36 bits per heavy atom. The summed E-state index contributed by atoms with van der Waals surface area (Å²) in [6, 6.07) is 19.5. The number of carbonyl (C=O) groups is 2. The van der Waals surface area contributed by atoms with Crippen molar-refractivity contribution in [3.05, 3.63) is 94.3 Å².